The molecule has 6 nitrogen and oxygen atoms in total. The molecule has 0 saturated carbocycles. The van der Waals surface area contributed by atoms with Crippen molar-refractivity contribution >= 4 is 43.1 Å². The number of sulfonamides is 1. The van der Waals surface area contributed by atoms with Gasteiger partial charge >= 0.3 is 0 Å². The first kappa shape index (κ1) is 17.5. The molecule has 20 heavy (non-hydrogen) atoms. The van der Waals surface area contributed by atoms with Gasteiger partial charge in [0.15, 0.2) is 9.84 Å². The molecule has 1 rings (SSSR count). The molecule has 0 radical (unpaired) electrons. The number of ether oxygens (including phenoxy) is 1. The Bertz CT molecular complexity index is 701. The summed E-state index contributed by atoms with van der Waals surface area (Å²) >= 11 is 11.6. The van der Waals surface area contributed by atoms with Gasteiger partial charge < -0.3 is 4.74 Å². The van der Waals surface area contributed by atoms with Crippen molar-refractivity contribution in [1.82, 2.24) is 0 Å². The van der Waals surface area contributed by atoms with Gasteiger partial charge in [-0.3, -0.25) is 0 Å². The van der Waals surface area contributed by atoms with E-state index in [9.17, 15) is 16.8 Å². The van der Waals surface area contributed by atoms with Crippen LogP contribution in [0.4, 0.5) is 0 Å². The van der Waals surface area contributed by atoms with Gasteiger partial charge in [0.05, 0.1) is 15.8 Å². The number of hydrogen-bond acceptors (Lipinski definition) is 5. The van der Waals surface area contributed by atoms with Crippen LogP contribution in [0.15, 0.2) is 17.0 Å². The van der Waals surface area contributed by atoms with E-state index in [1.807, 2.05) is 0 Å². The molecule has 0 bridgehead atoms. The molecule has 0 spiro atoms. The smallest absolute Gasteiger partial charge is 0.239 e. The van der Waals surface area contributed by atoms with Crippen molar-refractivity contribution in [2.75, 3.05) is 18.1 Å². The molecule has 0 saturated heterocycles. The molecule has 0 atom stereocenters. The van der Waals surface area contributed by atoms with Crippen LogP contribution < -0.4 is 9.88 Å². The lowest BCUT2D eigenvalue weighted by Crippen LogP contribution is -2.16. The van der Waals surface area contributed by atoms with E-state index in [0.29, 0.717) is 0 Å². The first-order chi connectivity index (χ1) is 9.07. The minimum Gasteiger partial charge on any atom is -0.491 e. The van der Waals surface area contributed by atoms with Crippen LogP contribution in [0.3, 0.4) is 0 Å². The normalized spacial score (nSPS) is 12.4. The minimum atomic E-state index is -3.99. The number of hydrogen-bond donors (Lipinski definition) is 1. The van der Waals surface area contributed by atoms with Gasteiger partial charge in [0.1, 0.15) is 17.3 Å². The van der Waals surface area contributed by atoms with Crippen LogP contribution in [0.1, 0.15) is 6.92 Å². The Hall–Kier alpha value is -0.540. The molecule has 10 heteroatoms. The SMILES string of the molecule is CCS(=O)(=O)CCOc1cc(Cl)c(S(N)(=O)=O)cc1Cl. The van der Waals surface area contributed by atoms with Gasteiger partial charge in [-0.15, -0.1) is 0 Å². The molecule has 0 fully saturated rings. The van der Waals surface area contributed by atoms with Crippen LogP contribution in [0, 0.1) is 0 Å². The highest BCUT2D eigenvalue weighted by molar-refractivity contribution is 7.91. The maximum Gasteiger partial charge on any atom is 0.239 e. The maximum atomic E-state index is 11.3. The van der Waals surface area contributed by atoms with E-state index in [-0.39, 0.29) is 38.8 Å². The average molecular weight is 362 g/mol. The van der Waals surface area contributed by atoms with Crippen LogP contribution in [0.2, 0.25) is 10.0 Å². The summed E-state index contributed by atoms with van der Waals surface area (Å²) < 4.78 is 50.2. The van der Waals surface area contributed by atoms with Gasteiger partial charge in [0.2, 0.25) is 10.0 Å². The molecule has 0 amide bonds. The Morgan fingerprint density at radius 1 is 1.15 bits per heavy atom. The largest absolute Gasteiger partial charge is 0.491 e. The molecule has 0 aliphatic carbocycles. The van der Waals surface area contributed by atoms with E-state index in [0.717, 1.165) is 6.07 Å². The lowest BCUT2D eigenvalue weighted by atomic mass is 10.3. The predicted molar refractivity (Wildman–Crippen MR) is 77.7 cm³/mol. The van der Waals surface area contributed by atoms with E-state index >= 15 is 0 Å². The molecule has 0 aliphatic rings. The lowest BCUT2D eigenvalue weighted by molar-refractivity contribution is 0.341. The number of rotatable bonds is 6. The summed E-state index contributed by atoms with van der Waals surface area (Å²) in [5.41, 5.74) is 0. The van der Waals surface area contributed by atoms with E-state index in [4.69, 9.17) is 33.1 Å². The monoisotopic (exact) mass is 361 g/mol. The number of halogens is 2. The summed E-state index contributed by atoms with van der Waals surface area (Å²) in [4.78, 5) is -0.322. The van der Waals surface area contributed by atoms with Gasteiger partial charge in [0.25, 0.3) is 0 Å². The Morgan fingerprint density at radius 3 is 2.25 bits per heavy atom. The molecular weight excluding hydrogens is 349 g/mol. The maximum absolute atomic E-state index is 11.3. The van der Waals surface area contributed by atoms with Crippen LogP contribution in [-0.4, -0.2) is 34.9 Å². The third-order valence-electron chi connectivity index (χ3n) is 2.38. The van der Waals surface area contributed by atoms with Crippen LogP contribution in [0.5, 0.6) is 5.75 Å². The minimum absolute atomic E-state index is 0.00913. The van der Waals surface area contributed by atoms with Crippen molar-refractivity contribution in [3.8, 4) is 5.75 Å². The standard InChI is InChI=1S/C10H13Cl2NO5S2/c1-2-19(14,15)4-3-18-9-5-8(12)10(6-7(9)11)20(13,16)17/h5-6H,2-4H2,1H3,(H2,13,16,17). The second kappa shape index (κ2) is 6.48. The Morgan fingerprint density at radius 2 is 1.75 bits per heavy atom. The highest BCUT2D eigenvalue weighted by Gasteiger charge is 2.17. The molecule has 0 aliphatic heterocycles. The molecule has 0 aromatic heterocycles. The van der Waals surface area contributed by atoms with E-state index in [1.54, 1.807) is 0 Å². The fraction of sp³-hybridized carbons (Fsp3) is 0.400. The van der Waals surface area contributed by atoms with Crippen LogP contribution in [0.25, 0.3) is 0 Å². The quantitative estimate of drug-likeness (QED) is 0.825. The summed E-state index contributed by atoms with van der Waals surface area (Å²) in [6.45, 7) is 1.42. The number of nitrogens with two attached hydrogens (primary N) is 1. The van der Waals surface area contributed by atoms with Crippen molar-refractivity contribution in [1.29, 1.82) is 0 Å². The Labute approximate surface area is 127 Å². The number of primary sulfonamides is 1. The molecule has 0 heterocycles. The second-order valence-electron chi connectivity index (χ2n) is 3.84. The van der Waals surface area contributed by atoms with Gasteiger partial charge in [-0.25, -0.2) is 22.0 Å². The highest BCUT2D eigenvalue weighted by atomic mass is 35.5. The van der Waals surface area contributed by atoms with Crippen molar-refractivity contribution < 1.29 is 21.6 Å². The van der Waals surface area contributed by atoms with Gasteiger partial charge in [-0.1, -0.05) is 30.1 Å². The molecular formula is C10H13Cl2NO5S2. The lowest BCUT2D eigenvalue weighted by Gasteiger charge is -2.10. The fourth-order valence-electron chi connectivity index (χ4n) is 1.26. The summed E-state index contributed by atoms with van der Waals surface area (Å²) in [6, 6.07) is 2.24. The van der Waals surface area contributed by atoms with Crippen molar-refractivity contribution in [2.24, 2.45) is 5.14 Å². The highest BCUT2D eigenvalue weighted by Crippen LogP contribution is 2.33. The van der Waals surface area contributed by atoms with E-state index in [1.165, 1.54) is 13.0 Å². The predicted octanol–water partition coefficient (Wildman–Crippen LogP) is 1.45. The van der Waals surface area contributed by atoms with Gasteiger partial charge in [-0.2, -0.15) is 0 Å². The zero-order valence-corrected chi connectivity index (χ0v) is 13.6. The molecule has 114 valence electrons. The Kier molecular flexibility index (Phi) is 5.68. The third kappa shape index (κ3) is 4.78. The van der Waals surface area contributed by atoms with E-state index in [2.05, 4.69) is 0 Å². The molecule has 0 unspecified atom stereocenters. The fourth-order valence-corrected chi connectivity index (χ4v) is 3.26. The van der Waals surface area contributed by atoms with Crippen molar-refractivity contribution in [2.45, 2.75) is 11.8 Å². The summed E-state index contributed by atoms with van der Waals surface area (Å²) in [5.74, 6) is -0.0702. The first-order valence-corrected chi connectivity index (χ1v) is 9.54. The summed E-state index contributed by atoms with van der Waals surface area (Å²) in [7, 11) is -7.15. The molecule has 1 aromatic carbocycles. The van der Waals surface area contributed by atoms with E-state index < -0.39 is 19.9 Å². The van der Waals surface area contributed by atoms with Crippen LogP contribution >= 0.6 is 23.2 Å². The van der Waals surface area contributed by atoms with Crippen molar-refractivity contribution in [3.63, 3.8) is 0 Å². The van der Waals surface area contributed by atoms with Crippen LogP contribution in [-0.2, 0) is 19.9 Å². The topological polar surface area (TPSA) is 104 Å². The third-order valence-corrected chi connectivity index (χ3v) is 5.72. The van der Waals surface area contributed by atoms with Gasteiger partial charge in [0, 0.05) is 11.8 Å². The Balaban J connectivity index is 2.92. The molecule has 1 aromatic rings. The summed E-state index contributed by atoms with van der Waals surface area (Å²) in [5, 5.41) is 4.79. The second-order valence-corrected chi connectivity index (χ2v) is 8.66. The average Bonchev–Trinajstić information content (AvgIpc) is 2.31. The first-order valence-electron chi connectivity index (χ1n) is 5.42. The molecule has 2 N–H and O–H groups in total. The summed E-state index contributed by atoms with van der Waals surface area (Å²) in [6.07, 6.45) is 0. The zero-order chi connectivity index (χ0) is 15.6. The van der Waals surface area contributed by atoms with Gasteiger partial charge in [-0.05, 0) is 6.07 Å². The zero-order valence-electron chi connectivity index (χ0n) is 10.5. The number of benzene rings is 1. The number of sulfone groups is 1. The van der Waals surface area contributed by atoms with Crippen molar-refractivity contribution in [3.05, 3.63) is 22.2 Å².